The number of nitrogens with zero attached hydrogens (tertiary/aromatic N) is 3. The molecule has 2 aromatic rings. The Morgan fingerprint density at radius 2 is 1.96 bits per heavy atom. The van der Waals surface area contributed by atoms with Gasteiger partial charge in [0, 0.05) is 32.9 Å². The molecule has 6 heteroatoms. The van der Waals surface area contributed by atoms with Crippen LogP contribution >= 0.6 is 0 Å². The maximum atomic E-state index is 10.4. The van der Waals surface area contributed by atoms with E-state index in [1.54, 1.807) is 0 Å². The van der Waals surface area contributed by atoms with Crippen molar-refractivity contribution in [1.82, 2.24) is 15.1 Å². The zero-order chi connectivity index (χ0) is 17.3. The minimum atomic E-state index is -0.302. The number of aliphatic hydroxyl groups excluding tert-OH is 1. The van der Waals surface area contributed by atoms with Crippen molar-refractivity contribution >= 4 is 0 Å². The van der Waals surface area contributed by atoms with Crippen molar-refractivity contribution in [2.24, 2.45) is 0 Å². The topological polar surface area (TPSA) is 71.6 Å². The van der Waals surface area contributed by atoms with Crippen LogP contribution in [-0.2, 0) is 11.3 Å². The van der Waals surface area contributed by atoms with Crippen molar-refractivity contribution in [2.75, 3.05) is 13.1 Å². The van der Waals surface area contributed by atoms with Gasteiger partial charge in [0.2, 0.25) is 11.8 Å². The molecule has 0 bridgehead atoms. The van der Waals surface area contributed by atoms with Gasteiger partial charge < -0.3 is 14.3 Å². The Labute approximate surface area is 147 Å². The number of likely N-dealkylation sites (tertiary alicyclic amines) is 1. The van der Waals surface area contributed by atoms with Crippen molar-refractivity contribution in [3.8, 4) is 0 Å². The van der Waals surface area contributed by atoms with Crippen molar-refractivity contribution < 1.29 is 14.3 Å². The van der Waals surface area contributed by atoms with E-state index in [-0.39, 0.29) is 17.8 Å². The summed E-state index contributed by atoms with van der Waals surface area (Å²) in [5, 5.41) is 18.4. The van der Waals surface area contributed by atoms with Crippen molar-refractivity contribution in [1.29, 1.82) is 0 Å². The number of aryl methyl sites for hydroxylation is 1. The van der Waals surface area contributed by atoms with E-state index in [1.807, 2.05) is 25.1 Å². The first kappa shape index (κ1) is 16.7. The van der Waals surface area contributed by atoms with Crippen LogP contribution in [0.15, 0.2) is 34.7 Å². The Bertz CT molecular complexity index is 695. The summed E-state index contributed by atoms with van der Waals surface area (Å²) < 4.78 is 12.0. The summed E-state index contributed by atoms with van der Waals surface area (Å²) >= 11 is 0. The van der Waals surface area contributed by atoms with Crippen molar-refractivity contribution in [3.05, 3.63) is 47.7 Å². The van der Waals surface area contributed by atoms with Gasteiger partial charge in [0.1, 0.15) is 0 Å². The largest absolute Gasteiger partial charge is 0.424 e. The molecule has 134 valence electrons. The van der Waals surface area contributed by atoms with Crippen molar-refractivity contribution in [3.63, 3.8) is 0 Å². The van der Waals surface area contributed by atoms with E-state index in [4.69, 9.17) is 9.15 Å². The van der Waals surface area contributed by atoms with Gasteiger partial charge in [0.05, 0.1) is 24.4 Å². The SMILES string of the molecule is Cc1nnc(CN2CCC3(CC2)C[C@@H](O)C[C@H](c2ccccc2)O3)o1. The fourth-order valence-electron chi connectivity index (χ4n) is 4.06. The maximum Gasteiger partial charge on any atom is 0.230 e. The molecule has 2 fully saturated rings. The summed E-state index contributed by atoms with van der Waals surface area (Å²) in [6, 6.07) is 10.2. The quantitative estimate of drug-likeness (QED) is 0.924. The summed E-state index contributed by atoms with van der Waals surface area (Å²) in [5.74, 6) is 1.27. The molecule has 1 aromatic carbocycles. The lowest BCUT2D eigenvalue weighted by Crippen LogP contribution is -2.50. The van der Waals surface area contributed by atoms with Crippen LogP contribution in [0.3, 0.4) is 0 Å². The first-order valence-electron chi connectivity index (χ1n) is 9.04. The third-order valence-corrected chi connectivity index (χ3v) is 5.35. The lowest BCUT2D eigenvalue weighted by molar-refractivity contribution is -0.184. The molecule has 1 aromatic heterocycles. The summed E-state index contributed by atoms with van der Waals surface area (Å²) in [4.78, 5) is 2.32. The van der Waals surface area contributed by atoms with Crippen LogP contribution in [0.1, 0.15) is 49.1 Å². The second-order valence-electron chi connectivity index (χ2n) is 7.28. The number of ether oxygens (including phenoxy) is 1. The monoisotopic (exact) mass is 343 g/mol. The van der Waals surface area contributed by atoms with E-state index in [1.165, 1.54) is 0 Å². The zero-order valence-corrected chi connectivity index (χ0v) is 14.6. The molecular weight excluding hydrogens is 318 g/mol. The Morgan fingerprint density at radius 1 is 1.20 bits per heavy atom. The van der Waals surface area contributed by atoms with Crippen molar-refractivity contribution in [2.45, 2.75) is 57.0 Å². The van der Waals surface area contributed by atoms with Gasteiger partial charge in [-0.2, -0.15) is 0 Å². The summed E-state index contributed by atoms with van der Waals surface area (Å²) in [7, 11) is 0. The minimum absolute atomic E-state index is 0.0184. The first-order chi connectivity index (χ1) is 12.1. The standard InChI is InChI=1S/C19H25N3O3/c1-14-20-21-18(24-14)13-22-9-7-19(8-10-22)12-16(23)11-17(25-19)15-5-3-2-4-6-15/h2-6,16-17,23H,7-13H2,1H3/t16-,17+/m0/s1. The van der Waals surface area contributed by atoms with E-state index in [0.717, 1.165) is 37.9 Å². The van der Waals surface area contributed by atoms with Crippen LogP contribution in [-0.4, -0.2) is 45.0 Å². The summed E-state index contributed by atoms with van der Waals surface area (Å²) in [5.41, 5.74) is 0.934. The Balaban J connectivity index is 1.40. The summed E-state index contributed by atoms with van der Waals surface area (Å²) in [6.45, 7) is 4.32. The second-order valence-corrected chi connectivity index (χ2v) is 7.28. The van der Waals surface area contributed by atoms with Gasteiger partial charge in [-0.1, -0.05) is 30.3 Å². The Kier molecular flexibility index (Phi) is 4.58. The van der Waals surface area contributed by atoms with Crippen LogP contribution in [0.25, 0.3) is 0 Å². The number of hydrogen-bond acceptors (Lipinski definition) is 6. The summed E-state index contributed by atoms with van der Waals surface area (Å²) in [6.07, 6.45) is 2.92. The average molecular weight is 343 g/mol. The maximum absolute atomic E-state index is 10.4. The fraction of sp³-hybridized carbons (Fsp3) is 0.579. The molecule has 2 aliphatic heterocycles. The Hall–Kier alpha value is -1.76. The smallest absolute Gasteiger partial charge is 0.230 e. The van der Waals surface area contributed by atoms with E-state index < -0.39 is 0 Å². The molecule has 25 heavy (non-hydrogen) atoms. The lowest BCUT2D eigenvalue weighted by atomic mass is 9.81. The molecule has 2 atom stereocenters. The normalized spacial score (nSPS) is 26.8. The van der Waals surface area contributed by atoms with Gasteiger partial charge in [-0.15, -0.1) is 10.2 Å². The highest BCUT2D eigenvalue weighted by Gasteiger charge is 2.43. The molecule has 0 unspecified atom stereocenters. The molecule has 1 N–H and O–H groups in total. The third-order valence-electron chi connectivity index (χ3n) is 5.35. The van der Waals surface area contributed by atoms with Crippen LogP contribution in [0.2, 0.25) is 0 Å². The van der Waals surface area contributed by atoms with Gasteiger partial charge in [-0.05, 0) is 18.4 Å². The highest BCUT2D eigenvalue weighted by atomic mass is 16.5. The second kappa shape index (κ2) is 6.86. The first-order valence-corrected chi connectivity index (χ1v) is 9.04. The number of hydrogen-bond donors (Lipinski definition) is 1. The lowest BCUT2D eigenvalue weighted by Gasteiger charge is -2.48. The predicted molar refractivity (Wildman–Crippen MR) is 91.8 cm³/mol. The number of rotatable bonds is 3. The van der Waals surface area contributed by atoms with E-state index in [0.29, 0.717) is 24.7 Å². The number of aliphatic hydroxyl groups is 1. The molecule has 3 heterocycles. The zero-order valence-electron chi connectivity index (χ0n) is 14.6. The highest BCUT2D eigenvalue weighted by molar-refractivity contribution is 5.19. The third kappa shape index (κ3) is 3.76. The molecule has 1 spiro atoms. The van der Waals surface area contributed by atoms with Crippen LogP contribution in [0.4, 0.5) is 0 Å². The molecule has 2 saturated heterocycles. The molecule has 6 nitrogen and oxygen atoms in total. The number of benzene rings is 1. The van der Waals surface area contributed by atoms with E-state index >= 15 is 0 Å². The average Bonchev–Trinajstić information content (AvgIpc) is 3.02. The molecular formula is C19H25N3O3. The molecule has 0 aliphatic carbocycles. The fourth-order valence-corrected chi connectivity index (χ4v) is 4.06. The van der Waals surface area contributed by atoms with Gasteiger partial charge in [0.25, 0.3) is 0 Å². The molecule has 0 saturated carbocycles. The molecule has 4 rings (SSSR count). The van der Waals surface area contributed by atoms with Gasteiger partial charge >= 0.3 is 0 Å². The van der Waals surface area contributed by atoms with Crippen LogP contribution in [0.5, 0.6) is 0 Å². The minimum Gasteiger partial charge on any atom is -0.424 e. The van der Waals surface area contributed by atoms with Crippen LogP contribution in [0, 0.1) is 6.92 Å². The van der Waals surface area contributed by atoms with Crippen LogP contribution < -0.4 is 0 Å². The molecule has 0 radical (unpaired) electrons. The van der Waals surface area contributed by atoms with Gasteiger partial charge in [-0.3, -0.25) is 4.90 Å². The van der Waals surface area contributed by atoms with Gasteiger partial charge in [-0.25, -0.2) is 0 Å². The van der Waals surface area contributed by atoms with E-state index in [9.17, 15) is 5.11 Å². The predicted octanol–water partition coefficient (Wildman–Crippen LogP) is 2.63. The molecule has 2 aliphatic rings. The van der Waals surface area contributed by atoms with Gasteiger partial charge in [0.15, 0.2) is 0 Å². The molecule has 0 amide bonds. The number of piperidine rings is 1. The number of aromatic nitrogens is 2. The Morgan fingerprint density at radius 3 is 2.64 bits per heavy atom. The highest BCUT2D eigenvalue weighted by Crippen LogP contribution is 2.43. The van der Waals surface area contributed by atoms with E-state index in [2.05, 4.69) is 27.2 Å².